The average molecular weight is 337 g/mol. The van der Waals surface area contributed by atoms with E-state index in [4.69, 9.17) is 0 Å². The lowest BCUT2D eigenvalue weighted by atomic mass is 10.1. The summed E-state index contributed by atoms with van der Waals surface area (Å²) in [6.45, 7) is 3.61. The molecule has 21 heavy (non-hydrogen) atoms. The predicted molar refractivity (Wildman–Crippen MR) is 84.2 cm³/mol. The summed E-state index contributed by atoms with van der Waals surface area (Å²) in [5.74, 6) is -0.784. The highest BCUT2D eigenvalue weighted by molar-refractivity contribution is 7.88. The zero-order valence-corrected chi connectivity index (χ0v) is 13.7. The van der Waals surface area contributed by atoms with E-state index in [-0.39, 0.29) is 23.7 Å². The van der Waals surface area contributed by atoms with Crippen LogP contribution in [-0.2, 0) is 20.5 Å². The van der Waals surface area contributed by atoms with E-state index in [0.717, 1.165) is 6.54 Å². The molecule has 0 saturated carbocycles. The molecule has 0 aliphatic carbocycles. The van der Waals surface area contributed by atoms with E-state index in [2.05, 4.69) is 14.8 Å². The van der Waals surface area contributed by atoms with Crippen LogP contribution in [0, 0.1) is 0 Å². The van der Waals surface area contributed by atoms with Gasteiger partial charge in [0.15, 0.2) is 0 Å². The van der Waals surface area contributed by atoms with Crippen molar-refractivity contribution in [1.29, 1.82) is 0 Å². The number of methoxy groups -OCH3 is 1. The first-order valence-corrected chi connectivity index (χ1v) is 7.99. The molecule has 0 aliphatic heterocycles. The van der Waals surface area contributed by atoms with Crippen LogP contribution in [0.15, 0.2) is 24.3 Å². The average Bonchev–Trinajstić information content (AvgIpc) is 2.43. The van der Waals surface area contributed by atoms with Crippen molar-refractivity contribution in [3.05, 3.63) is 35.4 Å². The molecule has 1 rings (SSSR count). The van der Waals surface area contributed by atoms with Gasteiger partial charge in [0.25, 0.3) is 0 Å². The number of likely N-dealkylation sites (N-methyl/N-ethyl adjacent to an activating group) is 1. The number of carbonyl (C=O) groups is 1. The maximum Gasteiger partial charge on any atom is 0.338 e. The van der Waals surface area contributed by atoms with Gasteiger partial charge in [0, 0.05) is 13.1 Å². The van der Waals surface area contributed by atoms with Gasteiger partial charge in [0.2, 0.25) is 10.0 Å². The van der Waals surface area contributed by atoms with Crippen LogP contribution in [0.3, 0.4) is 0 Å². The van der Waals surface area contributed by atoms with Crippen molar-refractivity contribution in [2.45, 2.75) is 12.7 Å². The van der Waals surface area contributed by atoms with Gasteiger partial charge in [-0.05, 0) is 18.2 Å². The molecule has 0 fully saturated rings. The third-order valence-corrected chi connectivity index (χ3v) is 3.98. The first kappa shape index (κ1) is 19.9. The summed E-state index contributed by atoms with van der Waals surface area (Å²) in [7, 11) is -2.21. The van der Waals surface area contributed by atoms with Crippen molar-refractivity contribution in [3.63, 3.8) is 0 Å². The quantitative estimate of drug-likeness (QED) is 0.545. The number of esters is 1. The Morgan fingerprint density at radius 3 is 2.52 bits per heavy atom. The number of carbonyl (C=O) groups excluding carboxylic acids is 1. The Balaban J connectivity index is 0.00000400. The Hall–Kier alpha value is -1.15. The first-order chi connectivity index (χ1) is 9.50. The number of hydrogen-bond donors (Lipinski definition) is 2. The smallest absolute Gasteiger partial charge is 0.338 e. The molecule has 0 radical (unpaired) electrons. The second-order valence-electron chi connectivity index (χ2n) is 4.16. The fourth-order valence-electron chi connectivity index (χ4n) is 1.68. The van der Waals surface area contributed by atoms with Gasteiger partial charge in [-0.1, -0.05) is 25.1 Å². The third-order valence-electron chi connectivity index (χ3n) is 2.64. The zero-order valence-electron chi connectivity index (χ0n) is 12.1. The van der Waals surface area contributed by atoms with Crippen molar-refractivity contribution in [2.75, 3.05) is 26.7 Å². The van der Waals surface area contributed by atoms with E-state index < -0.39 is 16.0 Å². The summed E-state index contributed by atoms with van der Waals surface area (Å²) in [6.07, 6.45) is 0. The number of halogens is 1. The van der Waals surface area contributed by atoms with Gasteiger partial charge in [-0.3, -0.25) is 0 Å². The summed E-state index contributed by atoms with van der Waals surface area (Å²) in [5.41, 5.74) is 0.697. The molecular formula is C13H21ClN2O4S. The number of nitrogens with one attached hydrogen (secondary N) is 2. The molecule has 0 spiro atoms. The fourth-order valence-corrected chi connectivity index (χ4v) is 2.86. The van der Waals surface area contributed by atoms with E-state index in [1.54, 1.807) is 24.3 Å². The van der Waals surface area contributed by atoms with E-state index >= 15 is 0 Å². The van der Waals surface area contributed by atoms with Crippen molar-refractivity contribution in [1.82, 2.24) is 10.0 Å². The molecule has 1 aromatic carbocycles. The summed E-state index contributed by atoms with van der Waals surface area (Å²) < 4.78 is 31.0. The fraction of sp³-hybridized carbons (Fsp3) is 0.462. The number of ether oxygens (including phenoxy) is 1. The van der Waals surface area contributed by atoms with E-state index in [0.29, 0.717) is 18.7 Å². The molecular weight excluding hydrogens is 316 g/mol. The summed E-state index contributed by atoms with van der Waals surface area (Å²) >= 11 is 0. The predicted octanol–water partition coefficient (Wildman–Crippen LogP) is 0.924. The van der Waals surface area contributed by atoms with Crippen molar-refractivity contribution >= 4 is 28.4 Å². The summed E-state index contributed by atoms with van der Waals surface area (Å²) in [5, 5.41) is 3.02. The third kappa shape index (κ3) is 6.90. The lowest BCUT2D eigenvalue weighted by Crippen LogP contribution is -2.32. The molecule has 0 atom stereocenters. The van der Waals surface area contributed by atoms with Crippen LogP contribution >= 0.6 is 12.4 Å². The standard InChI is InChI=1S/C13H20N2O4S.ClH/c1-3-14-8-9-15-20(17,18)10-11-6-4-5-7-12(11)13(16)19-2;/h4-7,14-15H,3,8-10H2,1-2H3;1H. The number of hydrogen-bond acceptors (Lipinski definition) is 5. The highest BCUT2D eigenvalue weighted by atomic mass is 35.5. The Morgan fingerprint density at radius 1 is 1.24 bits per heavy atom. The van der Waals surface area contributed by atoms with Gasteiger partial charge in [-0.25, -0.2) is 17.9 Å². The highest BCUT2D eigenvalue weighted by Gasteiger charge is 2.17. The summed E-state index contributed by atoms with van der Waals surface area (Å²) in [4.78, 5) is 11.6. The first-order valence-electron chi connectivity index (χ1n) is 6.34. The second-order valence-corrected chi connectivity index (χ2v) is 5.96. The molecule has 0 heterocycles. The Labute approximate surface area is 131 Å². The topological polar surface area (TPSA) is 84.5 Å². The van der Waals surface area contributed by atoms with Gasteiger partial charge >= 0.3 is 5.97 Å². The molecule has 0 amide bonds. The lowest BCUT2D eigenvalue weighted by Gasteiger charge is -2.10. The molecule has 0 unspecified atom stereocenters. The second kappa shape index (κ2) is 9.73. The van der Waals surface area contributed by atoms with Crippen LogP contribution in [0.4, 0.5) is 0 Å². The molecule has 0 aliphatic rings. The lowest BCUT2D eigenvalue weighted by molar-refractivity contribution is 0.0600. The Bertz CT molecular complexity index is 549. The van der Waals surface area contributed by atoms with Gasteiger partial charge in [0.1, 0.15) is 0 Å². The van der Waals surface area contributed by atoms with Crippen LogP contribution < -0.4 is 10.0 Å². The molecule has 0 saturated heterocycles. The van der Waals surface area contributed by atoms with Crippen molar-refractivity contribution in [2.24, 2.45) is 0 Å². The molecule has 2 N–H and O–H groups in total. The van der Waals surface area contributed by atoms with Crippen LogP contribution in [0.25, 0.3) is 0 Å². The van der Waals surface area contributed by atoms with E-state index in [9.17, 15) is 13.2 Å². The minimum absolute atomic E-state index is 0. The molecule has 6 nitrogen and oxygen atoms in total. The molecule has 0 bridgehead atoms. The monoisotopic (exact) mass is 336 g/mol. The maximum atomic E-state index is 11.9. The van der Waals surface area contributed by atoms with Crippen molar-refractivity contribution in [3.8, 4) is 0 Å². The van der Waals surface area contributed by atoms with Gasteiger partial charge in [-0.15, -0.1) is 12.4 Å². The number of rotatable bonds is 8. The maximum absolute atomic E-state index is 11.9. The van der Waals surface area contributed by atoms with Crippen LogP contribution in [0.1, 0.15) is 22.8 Å². The van der Waals surface area contributed by atoms with Crippen LogP contribution in [0.2, 0.25) is 0 Å². The molecule has 8 heteroatoms. The number of sulfonamides is 1. The van der Waals surface area contributed by atoms with Gasteiger partial charge in [0.05, 0.1) is 18.4 Å². The molecule has 0 aromatic heterocycles. The minimum Gasteiger partial charge on any atom is -0.465 e. The van der Waals surface area contributed by atoms with Gasteiger partial charge in [-0.2, -0.15) is 0 Å². The largest absolute Gasteiger partial charge is 0.465 e. The normalized spacial score (nSPS) is 10.8. The summed E-state index contributed by atoms with van der Waals surface area (Å²) in [6, 6.07) is 6.52. The van der Waals surface area contributed by atoms with E-state index in [1.165, 1.54) is 7.11 Å². The molecule has 120 valence electrons. The number of benzene rings is 1. The SMILES string of the molecule is CCNCCNS(=O)(=O)Cc1ccccc1C(=O)OC.Cl. The van der Waals surface area contributed by atoms with Crippen LogP contribution in [0.5, 0.6) is 0 Å². The zero-order chi connectivity index (χ0) is 15.0. The molecule has 1 aromatic rings. The van der Waals surface area contributed by atoms with Crippen molar-refractivity contribution < 1.29 is 17.9 Å². The highest BCUT2D eigenvalue weighted by Crippen LogP contribution is 2.13. The Kier molecular flexibility index (Phi) is 9.19. The minimum atomic E-state index is -3.48. The Morgan fingerprint density at radius 2 is 1.90 bits per heavy atom. The van der Waals surface area contributed by atoms with E-state index in [1.807, 2.05) is 6.92 Å². The van der Waals surface area contributed by atoms with Gasteiger partial charge < -0.3 is 10.1 Å². The van der Waals surface area contributed by atoms with Crippen LogP contribution in [-0.4, -0.2) is 41.1 Å².